The van der Waals surface area contributed by atoms with E-state index in [9.17, 15) is 0 Å². The van der Waals surface area contributed by atoms with Gasteiger partial charge in [-0.05, 0) is 31.5 Å². The molecule has 2 rings (SSSR count). The summed E-state index contributed by atoms with van der Waals surface area (Å²) in [5.74, 6) is 2.18. The van der Waals surface area contributed by atoms with Gasteiger partial charge in [0.1, 0.15) is 0 Å². The van der Waals surface area contributed by atoms with Crippen LogP contribution in [0.1, 0.15) is 24.1 Å². The zero-order valence-corrected chi connectivity index (χ0v) is 10.8. The molecule has 0 saturated heterocycles. The van der Waals surface area contributed by atoms with Gasteiger partial charge in [-0.3, -0.25) is 0 Å². The van der Waals surface area contributed by atoms with Crippen molar-refractivity contribution in [1.82, 2.24) is 5.32 Å². The molecule has 1 aromatic carbocycles. The van der Waals surface area contributed by atoms with Crippen LogP contribution >= 0.6 is 0 Å². The lowest BCUT2D eigenvalue weighted by Gasteiger charge is -2.28. The molecule has 94 valence electrons. The number of hydrogen-bond acceptors (Lipinski definition) is 4. The molecule has 1 atom stereocenters. The van der Waals surface area contributed by atoms with Crippen LogP contribution < -0.4 is 19.5 Å². The molecule has 0 saturated carbocycles. The van der Waals surface area contributed by atoms with Gasteiger partial charge in [-0.25, -0.2) is 0 Å². The van der Waals surface area contributed by atoms with Crippen LogP contribution in [-0.2, 0) is 6.42 Å². The van der Waals surface area contributed by atoms with E-state index in [0.29, 0.717) is 5.75 Å². The van der Waals surface area contributed by atoms with Crippen molar-refractivity contribution in [2.24, 2.45) is 0 Å². The molecule has 1 aliphatic heterocycles. The maximum Gasteiger partial charge on any atom is 0.203 e. The Hall–Kier alpha value is -1.42. The zero-order chi connectivity index (χ0) is 12.4. The van der Waals surface area contributed by atoms with Crippen molar-refractivity contribution in [1.29, 1.82) is 0 Å². The van der Waals surface area contributed by atoms with Crippen molar-refractivity contribution >= 4 is 0 Å². The number of rotatable bonds is 3. The van der Waals surface area contributed by atoms with E-state index in [1.54, 1.807) is 21.3 Å². The lowest BCUT2D eigenvalue weighted by Crippen LogP contribution is -2.28. The number of nitrogens with one attached hydrogen (secondary N) is 1. The van der Waals surface area contributed by atoms with E-state index in [4.69, 9.17) is 14.2 Å². The standard InChI is InChI=1S/C13H19NO3/c1-8-11-9(5-6-14-8)7-10(15-2)12(16-3)13(11)17-4/h7-8,14H,5-6H2,1-4H3. The van der Waals surface area contributed by atoms with Gasteiger partial charge < -0.3 is 19.5 Å². The predicted octanol–water partition coefficient (Wildman–Crippen LogP) is 1.92. The largest absolute Gasteiger partial charge is 0.493 e. The summed E-state index contributed by atoms with van der Waals surface area (Å²) >= 11 is 0. The van der Waals surface area contributed by atoms with E-state index in [1.807, 2.05) is 6.07 Å². The lowest BCUT2D eigenvalue weighted by atomic mass is 9.93. The maximum atomic E-state index is 5.50. The quantitative estimate of drug-likeness (QED) is 0.872. The summed E-state index contributed by atoms with van der Waals surface area (Å²) in [5, 5.41) is 3.43. The van der Waals surface area contributed by atoms with Gasteiger partial charge in [0, 0.05) is 11.6 Å². The Morgan fingerprint density at radius 2 is 1.82 bits per heavy atom. The Kier molecular flexibility index (Phi) is 3.43. The summed E-state index contributed by atoms with van der Waals surface area (Å²) in [6, 6.07) is 2.32. The molecule has 0 amide bonds. The molecule has 0 fully saturated rings. The van der Waals surface area contributed by atoms with Crippen molar-refractivity contribution in [2.45, 2.75) is 19.4 Å². The highest BCUT2D eigenvalue weighted by atomic mass is 16.5. The SMILES string of the molecule is COc1cc2c(c(OC)c1OC)C(C)NCC2. The summed E-state index contributed by atoms with van der Waals surface area (Å²) in [5.41, 5.74) is 2.45. The molecule has 1 unspecified atom stereocenters. The van der Waals surface area contributed by atoms with Crippen LogP contribution in [0, 0.1) is 0 Å². The molecule has 4 heteroatoms. The van der Waals surface area contributed by atoms with Gasteiger partial charge in [-0.1, -0.05) is 0 Å². The van der Waals surface area contributed by atoms with Gasteiger partial charge in [0.25, 0.3) is 0 Å². The first-order valence-corrected chi connectivity index (χ1v) is 5.78. The molecule has 0 aliphatic carbocycles. The second kappa shape index (κ2) is 4.84. The van der Waals surface area contributed by atoms with E-state index in [0.717, 1.165) is 24.5 Å². The number of hydrogen-bond donors (Lipinski definition) is 1. The van der Waals surface area contributed by atoms with Crippen LogP contribution in [0.4, 0.5) is 0 Å². The number of benzene rings is 1. The molecule has 4 nitrogen and oxygen atoms in total. The molecular formula is C13H19NO3. The van der Waals surface area contributed by atoms with Crippen molar-refractivity contribution in [3.05, 3.63) is 17.2 Å². The first-order chi connectivity index (χ1) is 8.22. The molecule has 0 spiro atoms. The monoisotopic (exact) mass is 237 g/mol. The second-order valence-corrected chi connectivity index (χ2v) is 4.14. The molecular weight excluding hydrogens is 218 g/mol. The van der Waals surface area contributed by atoms with Gasteiger partial charge in [0.2, 0.25) is 5.75 Å². The normalized spacial score (nSPS) is 18.5. The maximum absolute atomic E-state index is 5.50. The van der Waals surface area contributed by atoms with E-state index in [2.05, 4.69) is 12.2 Å². The Balaban J connectivity index is 2.65. The minimum atomic E-state index is 0.272. The molecule has 1 heterocycles. The fourth-order valence-electron chi connectivity index (χ4n) is 2.44. The van der Waals surface area contributed by atoms with Crippen LogP contribution in [0.15, 0.2) is 6.07 Å². The predicted molar refractivity (Wildman–Crippen MR) is 66.2 cm³/mol. The fraction of sp³-hybridized carbons (Fsp3) is 0.538. The van der Waals surface area contributed by atoms with E-state index in [-0.39, 0.29) is 6.04 Å². The first-order valence-electron chi connectivity index (χ1n) is 5.78. The van der Waals surface area contributed by atoms with E-state index in [1.165, 1.54) is 11.1 Å². The number of fused-ring (bicyclic) bond motifs is 1. The topological polar surface area (TPSA) is 39.7 Å². The Morgan fingerprint density at radius 1 is 1.12 bits per heavy atom. The van der Waals surface area contributed by atoms with Crippen molar-refractivity contribution < 1.29 is 14.2 Å². The highest BCUT2D eigenvalue weighted by Crippen LogP contribution is 2.45. The van der Waals surface area contributed by atoms with Gasteiger partial charge in [0.15, 0.2) is 11.5 Å². The highest BCUT2D eigenvalue weighted by molar-refractivity contribution is 5.60. The zero-order valence-electron chi connectivity index (χ0n) is 10.8. The third kappa shape index (κ3) is 1.93. The molecule has 17 heavy (non-hydrogen) atoms. The highest BCUT2D eigenvalue weighted by Gasteiger charge is 2.26. The van der Waals surface area contributed by atoms with Crippen LogP contribution in [0.2, 0.25) is 0 Å². The van der Waals surface area contributed by atoms with Crippen LogP contribution in [-0.4, -0.2) is 27.9 Å². The average Bonchev–Trinajstić information content (AvgIpc) is 2.36. The van der Waals surface area contributed by atoms with Crippen LogP contribution in [0.25, 0.3) is 0 Å². The van der Waals surface area contributed by atoms with Crippen LogP contribution in [0.3, 0.4) is 0 Å². The minimum Gasteiger partial charge on any atom is -0.493 e. The molecule has 0 bridgehead atoms. The van der Waals surface area contributed by atoms with E-state index < -0.39 is 0 Å². The number of ether oxygens (including phenoxy) is 3. The molecule has 1 N–H and O–H groups in total. The Morgan fingerprint density at radius 3 is 2.41 bits per heavy atom. The molecule has 0 aromatic heterocycles. The van der Waals surface area contributed by atoms with Gasteiger partial charge in [0.05, 0.1) is 21.3 Å². The fourth-order valence-corrected chi connectivity index (χ4v) is 2.44. The Bertz CT molecular complexity index is 418. The summed E-state index contributed by atoms with van der Waals surface area (Å²) in [6.07, 6.45) is 0.983. The third-order valence-electron chi connectivity index (χ3n) is 3.23. The van der Waals surface area contributed by atoms with E-state index >= 15 is 0 Å². The molecule has 1 aromatic rings. The molecule has 0 radical (unpaired) electrons. The summed E-state index contributed by atoms with van der Waals surface area (Å²) in [7, 11) is 4.95. The van der Waals surface area contributed by atoms with Crippen molar-refractivity contribution in [2.75, 3.05) is 27.9 Å². The summed E-state index contributed by atoms with van der Waals surface area (Å²) < 4.78 is 16.3. The average molecular weight is 237 g/mol. The third-order valence-corrected chi connectivity index (χ3v) is 3.23. The second-order valence-electron chi connectivity index (χ2n) is 4.14. The molecule has 1 aliphatic rings. The smallest absolute Gasteiger partial charge is 0.203 e. The van der Waals surface area contributed by atoms with Gasteiger partial charge in [-0.15, -0.1) is 0 Å². The number of methoxy groups -OCH3 is 3. The minimum absolute atomic E-state index is 0.272. The first kappa shape index (κ1) is 12.0. The Labute approximate surface area is 102 Å². The summed E-state index contributed by atoms with van der Waals surface area (Å²) in [4.78, 5) is 0. The lowest BCUT2D eigenvalue weighted by molar-refractivity contribution is 0.317. The van der Waals surface area contributed by atoms with Gasteiger partial charge >= 0.3 is 0 Å². The van der Waals surface area contributed by atoms with Gasteiger partial charge in [-0.2, -0.15) is 0 Å². The summed E-state index contributed by atoms with van der Waals surface area (Å²) in [6.45, 7) is 3.11. The van der Waals surface area contributed by atoms with Crippen molar-refractivity contribution in [3.63, 3.8) is 0 Å². The van der Waals surface area contributed by atoms with Crippen molar-refractivity contribution in [3.8, 4) is 17.2 Å². The van der Waals surface area contributed by atoms with Crippen LogP contribution in [0.5, 0.6) is 17.2 Å².